The van der Waals surface area contributed by atoms with Gasteiger partial charge in [-0.25, -0.2) is 0 Å². The van der Waals surface area contributed by atoms with E-state index in [4.69, 9.17) is 9.47 Å². The second kappa shape index (κ2) is 13.4. The number of nitrogens with zero attached hydrogens (tertiary/aromatic N) is 2. The van der Waals surface area contributed by atoms with E-state index in [2.05, 4.69) is 204 Å². The molecule has 0 amide bonds. The van der Waals surface area contributed by atoms with E-state index >= 15 is 0 Å². The molecule has 0 N–H and O–H groups in total. The maximum absolute atomic E-state index is 6.79. The maximum atomic E-state index is 6.79. The molecule has 0 saturated heterocycles. The van der Waals surface area contributed by atoms with Crippen molar-refractivity contribution in [1.82, 2.24) is 4.57 Å². The summed E-state index contributed by atoms with van der Waals surface area (Å²) in [5.41, 5.74) is 14.6. The molecule has 1 aromatic heterocycles. The molecule has 0 aliphatic carbocycles. The highest BCUT2D eigenvalue weighted by Gasteiger charge is 2.40. The van der Waals surface area contributed by atoms with Crippen LogP contribution >= 0.6 is 0 Å². The quantitative estimate of drug-likeness (QED) is 0.158. The average Bonchev–Trinajstić information content (AvgIpc) is 3.61. The zero-order chi connectivity index (χ0) is 38.9. The Morgan fingerprint density at radius 3 is 1.56 bits per heavy atom. The zero-order valence-electron chi connectivity index (χ0n) is 32.0. The predicted octanol–water partition coefficient (Wildman–Crippen LogP) is 12.3. The first-order valence-electron chi connectivity index (χ1n) is 20.1. The Morgan fingerprint density at radius 2 is 0.881 bits per heavy atom. The standard InChI is InChI=1S/C54H35BN2O2/c1-4-15-36(16-5-1)38-19-12-23-41(31-38)56(42-24-13-20-39(32-42)37-17-6-2-7-18-37)43-29-30-44-45-34-53-47(35-49(45)57(48(44)33-43)40-21-8-3-9-22-40)55-46-25-10-11-26-50(46)58-51-27-14-28-52(59-53)54(51)55/h1-35H. The first-order valence-corrected chi connectivity index (χ1v) is 20.1. The smallest absolute Gasteiger partial charge is 0.260 e. The highest BCUT2D eigenvalue weighted by molar-refractivity contribution is 6.98. The van der Waals surface area contributed by atoms with Gasteiger partial charge in [-0.3, -0.25) is 0 Å². The van der Waals surface area contributed by atoms with Crippen molar-refractivity contribution in [3.05, 3.63) is 212 Å². The molecule has 0 saturated carbocycles. The molecule has 0 unspecified atom stereocenters. The number of aromatic nitrogens is 1. The highest BCUT2D eigenvalue weighted by atomic mass is 16.5. The normalized spacial score (nSPS) is 12.3. The minimum absolute atomic E-state index is 0.0265. The summed E-state index contributed by atoms with van der Waals surface area (Å²) in [5, 5.41) is 2.29. The van der Waals surface area contributed by atoms with Crippen LogP contribution in [0.25, 0.3) is 49.7 Å². The third-order valence-corrected chi connectivity index (χ3v) is 11.9. The van der Waals surface area contributed by atoms with Crippen molar-refractivity contribution < 1.29 is 9.47 Å². The molecule has 2 aliphatic rings. The van der Waals surface area contributed by atoms with E-state index in [1.165, 1.54) is 11.1 Å². The van der Waals surface area contributed by atoms with Gasteiger partial charge in [0, 0.05) is 39.0 Å². The second-order valence-electron chi connectivity index (χ2n) is 15.3. The molecule has 0 radical (unpaired) electrons. The van der Waals surface area contributed by atoms with Crippen LogP contribution in [0.3, 0.4) is 0 Å². The SMILES string of the molecule is c1ccc(-c2cccc(N(c3cccc(-c4ccccc4)c3)c3ccc4c5cc6c(cc5n(-c5ccccc5)c4c3)B3c4ccccc4Oc4cccc(c43)O6)c2)cc1. The van der Waals surface area contributed by atoms with Gasteiger partial charge in [0.05, 0.1) is 11.0 Å². The number of anilines is 3. The first-order chi connectivity index (χ1) is 29.2. The average molecular weight is 755 g/mol. The van der Waals surface area contributed by atoms with E-state index < -0.39 is 0 Å². The molecule has 5 heteroatoms. The van der Waals surface area contributed by atoms with Crippen molar-refractivity contribution in [2.75, 3.05) is 4.90 Å². The minimum Gasteiger partial charge on any atom is -0.458 e. The summed E-state index contributed by atoms with van der Waals surface area (Å²) < 4.78 is 15.7. The zero-order valence-corrected chi connectivity index (χ0v) is 32.0. The van der Waals surface area contributed by atoms with Gasteiger partial charge in [-0.05, 0) is 112 Å². The van der Waals surface area contributed by atoms with E-state index in [0.717, 1.165) is 95.1 Å². The summed E-state index contributed by atoms with van der Waals surface area (Å²) >= 11 is 0. The molecule has 59 heavy (non-hydrogen) atoms. The Labute approximate surface area is 342 Å². The van der Waals surface area contributed by atoms with Crippen molar-refractivity contribution in [1.29, 1.82) is 0 Å². The molecule has 4 nitrogen and oxygen atoms in total. The largest absolute Gasteiger partial charge is 0.458 e. The van der Waals surface area contributed by atoms with Crippen molar-refractivity contribution in [3.8, 4) is 50.9 Å². The van der Waals surface area contributed by atoms with E-state index in [1.54, 1.807) is 0 Å². The lowest BCUT2D eigenvalue weighted by Crippen LogP contribution is -2.57. The Bertz CT molecular complexity index is 3150. The number of hydrogen-bond donors (Lipinski definition) is 0. The van der Waals surface area contributed by atoms with Crippen molar-refractivity contribution in [3.63, 3.8) is 0 Å². The van der Waals surface area contributed by atoms with Crippen LogP contribution in [0.1, 0.15) is 0 Å². The number of fused-ring (bicyclic) bond motifs is 7. The van der Waals surface area contributed by atoms with Crippen LogP contribution in [0, 0.1) is 0 Å². The van der Waals surface area contributed by atoms with Gasteiger partial charge in [0.1, 0.15) is 23.0 Å². The van der Waals surface area contributed by atoms with Crippen molar-refractivity contribution in [2.45, 2.75) is 0 Å². The van der Waals surface area contributed by atoms with Crippen molar-refractivity contribution in [2.24, 2.45) is 0 Å². The van der Waals surface area contributed by atoms with Crippen LogP contribution in [0.5, 0.6) is 23.0 Å². The fraction of sp³-hybridized carbons (Fsp3) is 0. The molecule has 2 aliphatic heterocycles. The van der Waals surface area contributed by atoms with E-state index in [-0.39, 0.29) is 6.71 Å². The van der Waals surface area contributed by atoms with Gasteiger partial charge >= 0.3 is 0 Å². The fourth-order valence-electron chi connectivity index (χ4n) is 9.23. The van der Waals surface area contributed by atoms with Crippen LogP contribution in [0.4, 0.5) is 17.1 Å². The number of hydrogen-bond acceptors (Lipinski definition) is 3. The number of rotatable bonds is 6. The molecule has 0 fully saturated rings. The lowest BCUT2D eigenvalue weighted by Gasteiger charge is -2.32. The van der Waals surface area contributed by atoms with Gasteiger partial charge < -0.3 is 18.9 Å². The van der Waals surface area contributed by atoms with Crippen LogP contribution in [-0.2, 0) is 0 Å². The molecule has 0 spiro atoms. The van der Waals surface area contributed by atoms with E-state index in [9.17, 15) is 0 Å². The molecular formula is C54H35BN2O2. The molecular weight excluding hydrogens is 719 g/mol. The molecule has 0 bridgehead atoms. The summed E-state index contributed by atoms with van der Waals surface area (Å²) in [7, 11) is 0. The molecule has 3 heterocycles. The lowest BCUT2D eigenvalue weighted by atomic mass is 9.35. The van der Waals surface area contributed by atoms with Crippen LogP contribution in [-0.4, -0.2) is 11.3 Å². The number of ether oxygens (including phenoxy) is 2. The maximum Gasteiger partial charge on any atom is 0.260 e. The summed E-state index contributed by atoms with van der Waals surface area (Å²) in [5.74, 6) is 3.44. The third kappa shape index (κ3) is 5.47. The van der Waals surface area contributed by atoms with Gasteiger partial charge in [0.2, 0.25) is 0 Å². The molecule has 9 aromatic carbocycles. The van der Waals surface area contributed by atoms with Gasteiger partial charge in [0.25, 0.3) is 6.71 Å². The topological polar surface area (TPSA) is 26.6 Å². The highest BCUT2D eigenvalue weighted by Crippen LogP contribution is 2.43. The van der Waals surface area contributed by atoms with Gasteiger partial charge in [-0.15, -0.1) is 0 Å². The van der Waals surface area contributed by atoms with E-state index in [1.807, 2.05) is 18.2 Å². The molecule has 12 rings (SSSR count). The monoisotopic (exact) mass is 754 g/mol. The molecule has 10 aromatic rings. The number of benzene rings is 9. The Balaban J connectivity index is 1.10. The van der Waals surface area contributed by atoms with Crippen LogP contribution in [0.15, 0.2) is 212 Å². The number of para-hydroxylation sites is 2. The first kappa shape index (κ1) is 33.4. The Hall–Kier alpha value is -7.76. The van der Waals surface area contributed by atoms with Gasteiger partial charge in [0.15, 0.2) is 0 Å². The third-order valence-electron chi connectivity index (χ3n) is 11.9. The summed E-state index contributed by atoms with van der Waals surface area (Å²) in [6.07, 6.45) is 0. The van der Waals surface area contributed by atoms with Crippen LogP contribution < -0.4 is 30.8 Å². The van der Waals surface area contributed by atoms with Crippen LogP contribution in [0.2, 0.25) is 0 Å². The summed E-state index contributed by atoms with van der Waals surface area (Å²) in [6.45, 7) is -0.0265. The minimum atomic E-state index is -0.0265. The molecule has 0 atom stereocenters. The summed E-state index contributed by atoms with van der Waals surface area (Å²) in [4.78, 5) is 2.39. The second-order valence-corrected chi connectivity index (χ2v) is 15.3. The van der Waals surface area contributed by atoms with E-state index in [0.29, 0.717) is 0 Å². The molecule has 276 valence electrons. The summed E-state index contributed by atoms with van der Waals surface area (Å²) in [6, 6.07) is 75.7. The lowest BCUT2D eigenvalue weighted by molar-refractivity contribution is 0.465. The Kier molecular flexibility index (Phi) is 7.60. The predicted molar refractivity (Wildman–Crippen MR) is 244 cm³/mol. The van der Waals surface area contributed by atoms with Crippen molar-refractivity contribution >= 4 is 62.0 Å². The van der Waals surface area contributed by atoms with Gasteiger partial charge in [-0.2, -0.15) is 0 Å². The Morgan fingerprint density at radius 1 is 0.356 bits per heavy atom. The fourth-order valence-corrected chi connectivity index (χ4v) is 9.23. The van der Waals surface area contributed by atoms with Gasteiger partial charge in [-0.1, -0.05) is 133 Å².